The molecule has 1 aromatic heterocycles. The van der Waals surface area contributed by atoms with Gasteiger partial charge in [0.2, 0.25) is 5.91 Å². The number of rotatable bonds is 5. The van der Waals surface area contributed by atoms with Crippen molar-refractivity contribution in [2.45, 2.75) is 32.9 Å². The third kappa shape index (κ3) is 3.17. The highest BCUT2D eigenvalue weighted by Crippen LogP contribution is 2.19. The van der Waals surface area contributed by atoms with Gasteiger partial charge in [-0.15, -0.1) is 0 Å². The molecule has 0 aliphatic rings. The Morgan fingerprint density at radius 3 is 3.00 bits per heavy atom. The van der Waals surface area contributed by atoms with Crippen molar-refractivity contribution in [2.75, 3.05) is 0 Å². The normalized spacial score (nSPS) is 12.1. The van der Waals surface area contributed by atoms with Gasteiger partial charge in [0.15, 0.2) is 0 Å². The van der Waals surface area contributed by atoms with Gasteiger partial charge in [0.1, 0.15) is 11.6 Å². The van der Waals surface area contributed by atoms with Crippen LogP contribution < -0.4 is 5.32 Å². The number of hydrogen-bond donors (Lipinski definition) is 2. The van der Waals surface area contributed by atoms with E-state index in [0.717, 1.165) is 17.9 Å². The van der Waals surface area contributed by atoms with Gasteiger partial charge in [0, 0.05) is 18.9 Å². The number of carbonyl (C=O) groups excluding carboxylic acids is 1. The van der Waals surface area contributed by atoms with Crippen molar-refractivity contribution in [1.82, 2.24) is 14.9 Å². The average molecular weight is 273 g/mol. The van der Waals surface area contributed by atoms with Crippen molar-refractivity contribution in [3.8, 4) is 5.75 Å². The minimum atomic E-state index is -0.313. The Labute approximate surface area is 118 Å². The van der Waals surface area contributed by atoms with Crippen LogP contribution in [0.15, 0.2) is 36.7 Å². The molecule has 5 heteroatoms. The second kappa shape index (κ2) is 6.23. The lowest BCUT2D eigenvalue weighted by atomic mass is 10.0. The lowest BCUT2D eigenvalue weighted by molar-refractivity contribution is -0.122. The van der Waals surface area contributed by atoms with Crippen molar-refractivity contribution in [2.24, 2.45) is 0 Å². The number of imidazole rings is 1. The van der Waals surface area contributed by atoms with Crippen LogP contribution >= 0.6 is 0 Å². The SMILES string of the molecule is CCn1ccnc1CNC(=O)C(C)c1cccc(O)c1. The van der Waals surface area contributed by atoms with E-state index in [1.165, 1.54) is 0 Å². The monoisotopic (exact) mass is 273 g/mol. The third-order valence-electron chi connectivity index (χ3n) is 3.33. The predicted octanol–water partition coefficient (Wildman–Crippen LogP) is 2.03. The highest BCUT2D eigenvalue weighted by atomic mass is 16.3. The van der Waals surface area contributed by atoms with Gasteiger partial charge in [-0.1, -0.05) is 12.1 Å². The number of aryl methyl sites for hydroxylation is 1. The maximum atomic E-state index is 12.1. The lowest BCUT2D eigenvalue weighted by Gasteiger charge is -2.13. The van der Waals surface area contributed by atoms with Crippen molar-refractivity contribution < 1.29 is 9.90 Å². The quantitative estimate of drug-likeness (QED) is 0.876. The fourth-order valence-electron chi connectivity index (χ4n) is 2.06. The molecule has 1 amide bonds. The van der Waals surface area contributed by atoms with E-state index in [1.807, 2.05) is 30.7 Å². The molecule has 0 saturated carbocycles. The van der Waals surface area contributed by atoms with Gasteiger partial charge in [-0.05, 0) is 31.5 Å². The number of aromatic hydroxyl groups is 1. The summed E-state index contributed by atoms with van der Waals surface area (Å²) in [5.41, 5.74) is 0.793. The molecule has 0 fully saturated rings. The molecule has 2 N–H and O–H groups in total. The summed E-state index contributed by atoms with van der Waals surface area (Å²) in [6.07, 6.45) is 3.61. The standard InChI is InChI=1S/C15H19N3O2/c1-3-18-8-7-16-14(18)10-17-15(20)11(2)12-5-4-6-13(19)9-12/h4-9,11,19H,3,10H2,1-2H3,(H,17,20). The van der Waals surface area contributed by atoms with Crippen LogP contribution in [-0.2, 0) is 17.9 Å². The van der Waals surface area contributed by atoms with E-state index in [1.54, 1.807) is 24.4 Å². The summed E-state index contributed by atoms with van der Waals surface area (Å²) in [6.45, 7) is 5.08. The zero-order valence-electron chi connectivity index (χ0n) is 11.7. The fourth-order valence-corrected chi connectivity index (χ4v) is 2.06. The van der Waals surface area contributed by atoms with E-state index in [4.69, 9.17) is 0 Å². The molecule has 1 atom stereocenters. The average Bonchev–Trinajstić information content (AvgIpc) is 2.91. The van der Waals surface area contributed by atoms with Crippen molar-refractivity contribution >= 4 is 5.91 Å². The summed E-state index contributed by atoms with van der Waals surface area (Å²) in [7, 11) is 0. The molecule has 0 aliphatic carbocycles. The van der Waals surface area contributed by atoms with Gasteiger partial charge < -0.3 is 15.0 Å². The molecule has 0 spiro atoms. The molecule has 1 aromatic carbocycles. The van der Waals surface area contributed by atoms with Crippen LogP contribution in [0.2, 0.25) is 0 Å². The Bertz CT molecular complexity index is 592. The minimum absolute atomic E-state index is 0.0822. The molecule has 0 aliphatic heterocycles. The van der Waals surface area contributed by atoms with Crippen LogP contribution in [0, 0.1) is 0 Å². The second-order valence-electron chi connectivity index (χ2n) is 4.66. The molecule has 2 rings (SSSR count). The number of nitrogens with one attached hydrogen (secondary N) is 1. The van der Waals surface area contributed by atoms with Gasteiger partial charge >= 0.3 is 0 Å². The van der Waals surface area contributed by atoms with Crippen LogP contribution in [0.25, 0.3) is 0 Å². The summed E-state index contributed by atoms with van der Waals surface area (Å²) in [5, 5.41) is 12.3. The molecule has 1 unspecified atom stereocenters. The van der Waals surface area contributed by atoms with E-state index in [2.05, 4.69) is 10.3 Å². The Morgan fingerprint density at radius 2 is 2.30 bits per heavy atom. The first-order valence-electron chi connectivity index (χ1n) is 6.68. The molecule has 1 heterocycles. The number of benzene rings is 1. The largest absolute Gasteiger partial charge is 0.508 e. The van der Waals surface area contributed by atoms with Crippen LogP contribution in [-0.4, -0.2) is 20.6 Å². The summed E-state index contributed by atoms with van der Waals surface area (Å²) < 4.78 is 1.99. The molecule has 0 saturated heterocycles. The number of amides is 1. The lowest BCUT2D eigenvalue weighted by Crippen LogP contribution is -2.28. The zero-order chi connectivity index (χ0) is 14.5. The van der Waals surface area contributed by atoms with E-state index in [0.29, 0.717) is 6.54 Å². The van der Waals surface area contributed by atoms with E-state index < -0.39 is 0 Å². The minimum Gasteiger partial charge on any atom is -0.508 e. The van der Waals surface area contributed by atoms with Crippen LogP contribution in [0.4, 0.5) is 0 Å². The first kappa shape index (κ1) is 14.1. The number of nitrogens with zero attached hydrogens (tertiary/aromatic N) is 2. The Kier molecular flexibility index (Phi) is 4.40. The number of hydrogen-bond acceptors (Lipinski definition) is 3. The second-order valence-corrected chi connectivity index (χ2v) is 4.66. The molecule has 5 nitrogen and oxygen atoms in total. The van der Waals surface area contributed by atoms with Crippen molar-refractivity contribution in [3.63, 3.8) is 0 Å². The van der Waals surface area contributed by atoms with E-state index in [-0.39, 0.29) is 17.6 Å². The molecule has 0 radical (unpaired) electrons. The number of aromatic nitrogens is 2. The Balaban J connectivity index is 1.98. The number of phenols is 1. The topological polar surface area (TPSA) is 67.2 Å². The summed E-state index contributed by atoms with van der Waals surface area (Å²) in [6, 6.07) is 6.76. The van der Waals surface area contributed by atoms with Crippen molar-refractivity contribution in [1.29, 1.82) is 0 Å². The van der Waals surface area contributed by atoms with E-state index >= 15 is 0 Å². The maximum absolute atomic E-state index is 12.1. The maximum Gasteiger partial charge on any atom is 0.227 e. The smallest absolute Gasteiger partial charge is 0.227 e. The highest BCUT2D eigenvalue weighted by molar-refractivity contribution is 5.83. The summed E-state index contributed by atoms with van der Waals surface area (Å²) in [5.74, 6) is 0.612. The summed E-state index contributed by atoms with van der Waals surface area (Å²) in [4.78, 5) is 16.3. The van der Waals surface area contributed by atoms with Gasteiger partial charge in [-0.2, -0.15) is 0 Å². The Hall–Kier alpha value is -2.30. The number of phenolic OH excluding ortho intramolecular Hbond substituents is 1. The predicted molar refractivity (Wildman–Crippen MR) is 76.3 cm³/mol. The summed E-state index contributed by atoms with van der Waals surface area (Å²) >= 11 is 0. The molecule has 106 valence electrons. The van der Waals surface area contributed by atoms with Crippen molar-refractivity contribution in [3.05, 3.63) is 48.0 Å². The molecular weight excluding hydrogens is 254 g/mol. The molecule has 20 heavy (non-hydrogen) atoms. The van der Waals surface area contributed by atoms with Crippen LogP contribution in [0.5, 0.6) is 5.75 Å². The van der Waals surface area contributed by atoms with Gasteiger partial charge in [0.25, 0.3) is 0 Å². The number of carbonyl (C=O) groups is 1. The third-order valence-corrected chi connectivity index (χ3v) is 3.33. The van der Waals surface area contributed by atoms with Crippen LogP contribution in [0.3, 0.4) is 0 Å². The molecule has 2 aromatic rings. The molecular formula is C15H19N3O2. The fraction of sp³-hybridized carbons (Fsp3) is 0.333. The highest BCUT2D eigenvalue weighted by Gasteiger charge is 2.15. The Morgan fingerprint density at radius 1 is 1.50 bits per heavy atom. The first-order chi connectivity index (χ1) is 9.61. The van der Waals surface area contributed by atoms with Crippen LogP contribution in [0.1, 0.15) is 31.2 Å². The first-order valence-corrected chi connectivity index (χ1v) is 6.68. The molecule has 0 bridgehead atoms. The zero-order valence-corrected chi connectivity index (χ0v) is 11.7. The van der Waals surface area contributed by atoms with Gasteiger partial charge in [0.05, 0.1) is 12.5 Å². The van der Waals surface area contributed by atoms with E-state index in [9.17, 15) is 9.90 Å². The van der Waals surface area contributed by atoms with Gasteiger partial charge in [-0.3, -0.25) is 4.79 Å². The van der Waals surface area contributed by atoms with Gasteiger partial charge in [-0.25, -0.2) is 4.98 Å².